The zero-order valence-corrected chi connectivity index (χ0v) is 24.3. The predicted molar refractivity (Wildman–Crippen MR) is 162 cm³/mol. The van der Waals surface area contributed by atoms with Gasteiger partial charge in [0.25, 0.3) is 0 Å². The monoisotopic (exact) mass is 540 g/mol. The van der Waals surface area contributed by atoms with Crippen molar-refractivity contribution < 1.29 is 20.1 Å². The van der Waals surface area contributed by atoms with Crippen LogP contribution < -0.4 is 10.2 Å². The number of benzene rings is 3. The molecule has 0 heterocycles. The van der Waals surface area contributed by atoms with E-state index in [-0.39, 0.29) is 22.1 Å². The van der Waals surface area contributed by atoms with Crippen molar-refractivity contribution in [1.82, 2.24) is 0 Å². The lowest BCUT2D eigenvalue weighted by Gasteiger charge is -2.43. The Bertz CT molecular complexity index is 1460. The van der Waals surface area contributed by atoms with Gasteiger partial charge in [-0.2, -0.15) is 0 Å². The van der Waals surface area contributed by atoms with Gasteiger partial charge < -0.3 is 25.5 Å². The van der Waals surface area contributed by atoms with E-state index in [9.17, 15) is 15.0 Å². The van der Waals surface area contributed by atoms with Crippen LogP contribution in [0, 0.1) is 11.8 Å². The van der Waals surface area contributed by atoms with E-state index in [0.717, 1.165) is 31.5 Å². The van der Waals surface area contributed by atoms with Crippen molar-refractivity contribution in [2.24, 2.45) is 0 Å². The van der Waals surface area contributed by atoms with Crippen molar-refractivity contribution in [2.75, 3.05) is 30.9 Å². The maximum absolute atomic E-state index is 11.2. The molecule has 3 aromatic carbocycles. The van der Waals surface area contributed by atoms with E-state index in [1.54, 1.807) is 0 Å². The fourth-order valence-corrected chi connectivity index (χ4v) is 5.44. The SMILES string of the molecule is CN(C)c1ccc(CCNc2cc(C(O)C#Cc3ccc(C(=O)O)c(O)c3)cc3c2C(C)(C)CCC3(C)C)cc1. The second-order valence-corrected chi connectivity index (χ2v) is 12.2. The number of hydrogen-bond donors (Lipinski definition) is 4. The van der Waals surface area contributed by atoms with Crippen LogP contribution in [0.25, 0.3) is 0 Å². The van der Waals surface area contributed by atoms with Crippen molar-refractivity contribution in [3.8, 4) is 17.6 Å². The van der Waals surface area contributed by atoms with Crippen LogP contribution in [0.15, 0.2) is 54.6 Å². The van der Waals surface area contributed by atoms with Crippen molar-refractivity contribution in [2.45, 2.75) is 63.9 Å². The molecule has 1 aliphatic rings. The summed E-state index contributed by atoms with van der Waals surface area (Å²) in [5.41, 5.74) is 6.87. The number of aliphatic hydroxyl groups is 1. The van der Waals surface area contributed by atoms with E-state index in [1.807, 2.05) is 20.2 Å². The minimum absolute atomic E-state index is 0.0148. The molecule has 4 rings (SSSR count). The summed E-state index contributed by atoms with van der Waals surface area (Å²) in [5.74, 6) is 4.21. The molecule has 0 amide bonds. The average Bonchev–Trinajstić information content (AvgIpc) is 2.89. The first kappa shape index (κ1) is 29.0. The first-order valence-electron chi connectivity index (χ1n) is 13.7. The van der Waals surface area contributed by atoms with Gasteiger partial charge in [0.05, 0.1) is 0 Å². The molecule has 0 fully saturated rings. The molecule has 6 heteroatoms. The minimum Gasteiger partial charge on any atom is -0.507 e. The number of aromatic carboxylic acids is 1. The summed E-state index contributed by atoms with van der Waals surface area (Å²) < 4.78 is 0. The molecule has 0 aliphatic heterocycles. The highest BCUT2D eigenvalue weighted by molar-refractivity contribution is 5.90. The summed E-state index contributed by atoms with van der Waals surface area (Å²) in [6.45, 7) is 9.84. The predicted octanol–water partition coefficient (Wildman–Crippen LogP) is 6.25. The molecule has 0 aromatic heterocycles. The highest BCUT2D eigenvalue weighted by Crippen LogP contribution is 2.49. The maximum Gasteiger partial charge on any atom is 0.339 e. The standard InChI is InChI=1S/C34H40N2O4/c1-33(2)16-17-34(3,4)31-27(33)20-24(29(37)14-10-23-9-13-26(32(39)40)30(38)19-23)21-28(31)35-18-15-22-7-11-25(12-8-22)36(5)6/h7-9,11-13,19-21,29,35,37-38H,15-18H2,1-6H3,(H,39,40). The second-order valence-electron chi connectivity index (χ2n) is 12.2. The van der Waals surface area contributed by atoms with Crippen LogP contribution >= 0.6 is 0 Å². The number of nitrogens with zero attached hydrogens (tertiary/aromatic N) is 1. The Hall–Kier alpha value is -3.95. The lowest BCUT2D eigenvalue weighted by atomic mass is 9.62. The third-order valence-corrected chi connectivity index (χ3v) is 8.02. The number of anilines is 2. The number of rotatable bonds is 7. The molecule has 4 N–H and O–H groups in total. The van der Waals surface area contributed by atoms with Crippen molar-refractivity contribution in [3.63, 3.8) is 0 Å². The third kappa shape index (κ3) is 6.26. The van der Waals surface area contributed by atoms with Gasteiger partial charge in [-0.15, -0.1) is 0 Å². The molecular formula is C34H40N2O4. The Kier molecular flexibility index (Phi) is 8.18. The number of aromatic hydroxyl groups is 1. The molecule has 40 heavy (non-hydrogen) atoms. The first-order valence-corrected chi connectivity index (χ1v) is 13.7. The van der Waals surface area contributed by atoms with Crippen LogP contribution in [0.3, 0.4) is 0 Å². The highest BCUT2D eigenvalue weighted by atomic mass is 16.4. The number of phenols is 1. The molecule has 3 aromatic rings. The molecular weight excluding hydrogens is 500 g/mol. The smallest absolute Gasteiger partial charge is 0.339 e. The van der Waals surface area contributed by atoms with Gasteiger partial charge in [0.15, 0.2) is 0 Å². The molecule has 1 aliphatic carbocycles. The van der Waals surface area contributed by atoms with E-state index in [0.29, 0.717) is 11.1 Å². The van der Waals surface area contributed by atoms with Gasteiger partial charge >= 0.3 is 5.97 Å². The number of hydrogen-bond acceptors (Lipinski definition) is 5. The number of fused-ring (bicyclic) bond motifs is 1. The van der Waals surface area contributed by atoms with E-state index in [4.69, 9.17) is 5.11 Å². The van der Waals surface area contributed by atoms with Gasteiger partial charge in [-0.1, -0.05) is 57.7 Å². The molecule has 210 valence electrons. The molecule has 6 nitrogen and oxygen atoms in total. The number of carbonyl (C=O) groups is 1. The lowest BCUT2D eigenvalue weighted by molar-refractivity contribution is 0.0693. The van der Waals surface area contributed by atoms with Crippen molar-refractivity contribution >= 4 is 17.3 Å². The van der Waals surface area contributed by atoms with Gasteiger partial charge in [-0.25, -0.2) is 4.79 Å². The third-order valence-electron chi connectivity index (χ3n) is 8.02. The van der Waals surface area contributed by atoms with Gasteiger partial charge in [0, 0.05) is 37.6 Å². The van der Waals surface area contributed by atoms with E-state index < -0.39 is 12.1 Å². The summed E-state index contributed by atoms with van der Waals surface area (Å²) in [5, 5.41) is 34.0. The molecule has 0 radical (unpaired) electrons. The van der Waals surface area contributed by atoms with Crippen molar-refractivity contribution in [3.05, 3.63) is 88.0 Å². The summed E-state index contributed by atoms with van der Waals surface area (Å²) in [6, 6.07) is 16.8. The lowest BCUT2D eigenvalue weighted by Crippen LogP contribution is -2.35. The fourth-order valence-electron chi connectivity index (χ4n) is 5.44. The van der Waals surface area contributed by atoms with Crippen LogP contribution in [-0.4, -0.2) is 41.9 Å². The largest absolute Gasteiger partial charge is 0.507 e. The van der Waals surface area contributed by atoms with Crippen LogP contribution in [0.4, 0.5) is 11.4 Å². The topological polar surface area (TPSA) is 93.0 Å². The Labute approximate surface area is 237 Å². The maximum atomic E-state index is 11.2. The summed E-state index contributed by atoms with van der Waals surface area (Å²) in [6.07, 6.45) is 1.94. The van der Waals surface area contributed by atoms with E-state index >= 15 is 0 Å². The van der Waals surface area contributed by atoms with E-state index in [1.165, 1.54) is 40.6 Å². The van der Waals surface area contributed by atoms with Crippen LogP contribution in [0.2, 0.25) is 0 Å². The first-order chi connectivity index (χ1) is 18.8. The number of aliphatic hydroxyl groups excluding tert-OH is 1. The molecule has 1 unspecified atom stereocenters. The number of carboxylic acid groups (broad SMARTS) is 1. The Morgan fingerprint density at radius 3 is 2.30 bits per heavy atom. The Morgan fingerprint density at radius 1 is 1.00 bits per heavy atom. The number of nitrogens with one attached hydrogen (secondary N) is 1. The van der Waals surface area contributed by atoms with Gasteiger partial charge in [-0.05, 0) is 88.7 Å². The highest BCUT2D eigenvalue weighted by Gasteiger charge is 2.39. The second kappa shape index (κ2) is 11.3. The molecule has 1 atom stereocenters. The zero-order valence-electron chi connectivity index (χ0n) is 24.3. The van der Waals surface area contributed by atoms with Gasteiger partial charge in [-0.3, -0.25) is 0 Å². The van der Waals surface area contributed by atoms with Crippen molar-refractivity contribution in [1.29, 1.82) is 0 Å². The van der Waals surface area contributed by atoms with Gasteiger partial charge in [0.1, 0.15) is 17.4 Å². The van der Waals surface area contributed by atoms with Crippen LogP contribution in [-0.2, 0) is 17.3 Å². The quantitative estimate of drug-likeness (QED) is 0.265. The fraction of sp³-hybridized carbons (Fsp3) is 0.382. The summed E-state index contributed by atoms with van der Waals surface area (Å²) in [7, 11) is 4.07. The summed E-state index contributed by atoms with van der Waals surface area (Å²) in [4.78, 5) is 13.3. The Morgan fingerprint density at radius 2 is 1.68 bits per heavy atom. The van der Waals surface area contributed by atoms with Crippen LogP contribution in [0.1, 0.15) is 84.8 Å². The average molecular weight is 541 g/mol. The molecule has 0 spiro atoms. The van der Waals surface area contributed by atoms with Crippen LogP contribution in [0.5, 0.6) is 5.75 Å². The zero-order chi connectivity index (χ0) is 29.2. The van der Waals surface area contributed by atoms with Gasteiger partial charge in [0.2, 0.25) is 0 Å². The molecule has 0 saturated heterocycles. The summed E-state index contributed by atoms with van der Waals surface area (Å²) >= 11 is 0. The minimum atomic E-state index is -1.21. The Balaban J connectivity index is 1.64. The normalized spacial score (nSPS) is 15.8. The molecule has 0 bridgehead atoms. The van der Waals surface area contributed by atoms with E-state index in [2.05, 4.69) is 80.1 Å². The number of carboxylic acids is 1. The molecule has 0 saturated carbocycles.